The van der Waals surface area contributed by atoms with Gasteiger partial charge in [0.1, 0.15) is 0 Å². The van der Waals surface area contributed by atoms with E-state index in [4.69, 9.17) is 0 Å². The van der Waals surface area contributed by atoms with Crippen LogP contribution in [0.25, 0.3) is 0 Å². The lowest BCUT2D eigenvalue weighted by molar-refractivity contribution is 0.103. The molecule has 0 aliphatic rings. The van der Waals surface area contributed by atoms with Crippen LogP contribution in [0.3, 0.4) is 0 Å². The highest BCUT2D eigenvalue weighted by Gasteiger charge is 2.17. The van der Waals surface area contributed by atoms with Crippen molar-refractivity contribution in [3.05, 3.63) is 166 Å². The van der Waals surface area contributed by atoms with E-state index in [1.807, 2.05) is 76.2 Å². The minimum absolute atomic E-state index is 0.0754. The standard InChI is InChI=1S/C22H18O2.C14H14O2S/c1-15-6-10-17(11-7-15)21(23)19-4-3-5-20(14-19)22(24)18-12-8-16(2)9-13-18;1-11-3-7-13(8-4-11)17(15,16)14-9-5-12(2)6-10-14/h3-14H,1-2H3;3-10H,1-2H3. The molecule has 206 valence electrons. The molecule has 0 aromatic heterocycles. The van der Waals surface area contributed by atoms with Gasteiger partial charge in [0.25, 0.3) is 0 Å². The molecule has 5 aromatic rings. The van der Waals surface area contributed by atoms with E-state index in [-0.39, 0.29) is 11.6 Å². The number of carbonyl (C=O) groups excluding carboxylic acids is 2. The van der Waals surface area contributed by atoms with Gasteiger partial charge in [-0.25, -0.2) is 8.42 Å². The highest BCUT2D eigenvalue weighted by atomic mass is 32.2. The van der Waals surface area contributed by atoms with Gasteiger partial charge in [-0.1, -0.05) is 113 Å². The maximum atomic E-state index is 12.6. The predicted octanol–water partition coefficient (Wildman–Crippen LogP) is 7.90. The molecule has 0 saturated heterocycles. The van der Waals surface area contributed by atoms with Gasteiger partial charge in [0.15, 0.2) is 11.6 Å². The average Bonchev–Trinajstić information content (AvgIpc) is 2.98. The van der Waals surface area contributed by atoms with Crippen molar-refractivity contribution in [3.8, 4) is 0 Å². The van der Waals surface area contributed by atoms with E-state index < -0.39 is 9.84 Å². The van der Waals surface area contributed by atoms with Crippen molar-refractivity contribution in [2.45, 2.75) is 37.5 Å². The summed E-state index contributed by atoms with van der Waals surface area (Å²) in [6, 6.07) is 35.6. The van der Waals surface area contributed by atoms with E-state index in [1.54, 1.807) is 72.8 Å². The molecule has 5 rings (SSSR count). The Labute approximate surface area is 242 Å². The van der Waals surface area contributed by atoms with Gasteiger partial charge in [-0.2, -0.15) is 0 Å². The van der Waals surface area contributed by atoms with Crippen molar-refractivity contribution >= 4 is 21.4 Å². The van der Waals surface area contributed by atoms with Crippen LogP contribution in [0.15, 0.2) is 131 Å². The fourth-order valence-electron chi connectivity index (χ4n) is 4.12. The van der Waals surface area contributed by atoms with E-state index in [0.29, 0.717) is 32.0 Å². The summed E-state index contributed by atoms with van der Waals surface area (Å²) in [5.74, 6) is -0.151. The molecule has 41 heavy (non-hydrogen) atoms. The summed E-state index contributed by atoms with van der Waals surface area (Å²) in [5, 5.41) is 0. The molecule has 0 bridgehead atoms. The molecule has 0 fully saturated rings. The van der Waals surface area contributed by atoms with Gasteiger partial charge in [0, 0.05) is 22.3 Å². The highest BCUT2D eigenvalue weighted by molar-refractivity contribution is 7.91. The van der Waals surface area contributed by atoms with Crippen molar-refractivity contribution in [1.82, 2.24) is 0 Å². The Kier molecular flexibility index (Phi) is 9.10. The zero-order valence-electron chi connectivity index (χ0n) is 23.6. The number of carbonyl (C=O) groups is 2. The molecule has 0 saturated carbocycles. The van der Waals surface area contributed by atoms with E-state index in [1.165, 1.54) is 0 Å². The van der Waals surface area contributed by atoms with Gasteiger partial charge in [-0.3, -0.25) is 9.59 Å². The second-order valence-corrected chi connectivity index (χ2v) is 12.1. The molecule has 0 heterocycles. The first kappa shape index (κ1) is 29.4. The van der Waals surface area contributed by atoms with Crippen molar-refractivity contribution in [1.29, 1.82) is 0 Å². The van der Waals surface area contributed by atoms with E-state index in [2.05, 4.69) is 0 Å². The minimum Gasteiger partial charge on any atom is -0.289 e. The number of ketones is 2. The zero-order chi connectivity index (χ0) is 29.6. The second-order valence-electron chi connectivity index (χ2n) is 10.1. The quantitative estimate of drug-likeness (QED) is 0.198. The summed E-state index contributed by atoms with van der Waals surface area (Å²) < 4.78 is 24.5. The Morgan fingerprint density at radius 1 is 0.415 bits per heavy atom. The van der Waals surface area contributed by atoms with Crippen LogP contribution in [0.5, 0.6) is 0 Å². The van der Waals surface area contributed by atoms with E-state index in [9.17, 15) is 18.0 Å². The Bertz CT molecular complexity index is 1640. The Morgan fingerprint density at radius 3 is 1.02 bits per heavy atom. The largest absolute Gasteiger partial charge is 0.289 e. The normalized spacial score (nSPS) is 10.8. The fraction of sp³-hybridized carbons (Fsp3) is 0.111. The molecule has 0 spiro atoms. The maximum Gasteiger partial charge on any atom is 0.206 e. The van der Waals surface area contributed by atoms with Gasteiger partial charge >= 0.3 is 0 Å². The fourth-order valence-corrected chi connectivity index (χ4v) is 5.38. The monoisotopic (exact) mass is 560 g/mol. The summed E-state index contributed by atoms with van der Waals surface area (Å²) >= 11 is 0. The van der Waals surface area contributed by atoms with Crippen molar-refractivity contribution in [2.24, 2.45) is 0 Å². The lowest BCUT2D eigenvalue weighted by Crippen LogP contribution is -2.06. The lowest BCUT2D eigenvalue weighted by Gasteiger charge is -2.06. The smallest absolute Gasteiger partial charge is 0.206 e. The average molecular weight is 561 g/mol. The van der Waals surface area contributed by atoms with Crippen LogP contribution in [0, 0.1) is 27.7 Å². The van der Waals surface area contributed by atoms with Gasteiger partial charge in [-0.05, 0) is 58.0 Å². The van der Waals surface area contributed by atoms with Crippen LogP contribution >= 0.6 is 0 Å². The first-order valence-electron chi connectivity index (χ1n) is 13.3. The number of rotatable bonds is 6. The molecule has 0 amide bonds. The van der Waals surface area contributed by atoms with E-state index in [0.717, 1.165) is 22.3 Å². The van der Waals surface area contributed by atoms with Crippen molar-refractivity contribution in [2.75, 3.05) is 0 Å². The molecule has 0 aliphatic heterocycles. The number of benzene rings is 5. The second kappa shape index (κ2) is 12.7. The Hall–Kier alpha value is -4.61. The number of hydrogen-bond donors (Lipinski definition) is 0. The molecule has 0 atom stereocenters. The summed E-state index contributed by atoms with van der Waals surface area (Å²) in [5.41, 5.74) is 6.61. The summed E-state index contributed by atoms with van der Waals surface area (Å²) in [4.78, 5) is 25.9. The third kappa shape index (κ3) is 7.33. The van der Waals surface area contributed by atoms with Gasteiger partial charge < -0.3 is 0 Å². The lowest BCUT2D eigenvalue weighted by atomic mass is 9.97. The molecule has 0 aliphatic carbocycles. The van der Waals surface area contributed by atoms with Crippen LogP contribution < -0.4 is 0 Å². The first-order valence-corrected chi connectivity index (χ1v) is 14.7. The summed E-state index contributed by atoms with van der Waals surface area (Å²) in [7, 11) is -3.37. The van der Waals surface area contributed by atoms with Gasteiger partial charge in [0.2, 0.25) is 9.84 Å². The van der Waals surface area contributed by atoms with Crippen LogP contribution in [-0.4, -0.2) is 20.0 Å². The highest BCUT2D eigenvalue weighted by Crippen LogP contribution is 2.21. The van der Waals surface area contributed by atoms with Crippen LogP contribution in [-0.2, 0) is 9.84 Å². The van der Waals surface area contributed by atoms with Crippen molar-refractivity contribution in [3.63, 3.8) is 0 Å². The summed E-state index contributed by atoms with van der Waals surface area (Å²) in [6.07, 6.45) is 0. The molecule has 0 radical (unpaired) electrons. The SMILES string of the molecule is Cc1ccc(C(=O)c2cccc(C(=O)c3ccc(C)cc3)c2)cc1.Cc1ccc(S(=O)(=O)c2ccc(C)cc2)cc1. The maximum absolute atomic E-state index is 12.6. The molecule has 0 N–H and O–H groups in total. The molecule has 5 heteroatoms. The zero-order valence-corrected chi connectivity index (χ0v) is 24.4. The van der Waals surface area contributed by atoms with Gasteiger partial charge in [0.05, 0.1) is 9.79 Å². The third-order valence-corrected chi connectivity index (χ3v) is 8.46. The third-order valence-electron chi connectivity index (χ3n) is 6.68. The predicted molar refractivity (Wildman–Crippen MR) is 163 cm³/mol. The van der Waals surface area contributed by atoms with Gasteiger partial charge in [-0.15, -0.1) is 0 Å². The molecular weight excluding hydrogens is 528 g/mol. The molecule has 4 nitrogen and oxygen atoms in total. The number of sulfone groups is 1. The molecule has 5 aromatic carbocycles. The summed E-state index contributed by atoms with van der Waals surface area (Å²) in [6.45, 7) is 7.83. The van der Waals surface area contributed by atoms with Crippen LogP contribution in [0.4, 0.5) is 0 Å². The Balaban J connectivity index is 0.000000201. The van der Waals surface area contributed by atoms with Crippen molar-refractivity contribution < 1.29 is 18.0 Å². The number of hydrogen-bond acceptors (Lipinski definition) is 4. The molecular formula is C36H32O4S. The van der Waals surface area contributed by atoms with Crippen LogP contribution in [0.2, 0.25) is 0 Å². The topological polar surface area (TPSA) is 68.3 Å². The molecule has 0 unspecified atom stereocenters. The van der Waals surface area contributed by atoms with E-state index >= 15 is 0 Å². The number of aryl methyl sites for hydroxylation is 4. The minimum atomic E-state index is -3.37. The Morgan fingerprint density at radius 2 is 0.707 bits per heavy atom. The first-order chi connectivity index (χ1) is 19.5. The van der Waals surface area contributed by atoms with Crippen LogP contribution in [0.1, 0.15) is 54.1 Å².